The third-order valence-electron chi connectivity index (χ3n) is 4.16. The van der Waals surface area contributed by atoms with Gasteiger partial charge in [-0.25, -0.2) is 0 Å². The molecule has 0 aliphatic rings. The molecule has 2 rings (SSSR count). The van der Waals surface area contributed by atoms with Gasteiger partial charge < -0.3 is 26.8 Å². The van der Waals surface area contributed by atoms with Gasteiger partial charge in [0.05, 0.1) is 6.61 Å². The van der Waals surface area contributed by atoms with E-state index in [2.05, 4.69) is 10.6 Å². The van der Waals surface area contributed by atoms with Gasteiger partial charge in [0.2, 0.25) is 0 Å². The predicted octanol–water partition coefficient (Wildman–Crippen LogP) is 2.30. The molecule has 0 atom stereocenters. The largest absolute Gasteiger partial charge is 0.494 e. The lowest BCUT2D eigenvalue weighted by Crippen LogP contribution is -2.27. The molecule has 0 radical (unpaired) electrons. The van der Waals surface area contributed by atoms with Crippen molar-refractivity contribution in [1.29, 1.82) is 0 Å². The number of amides is 1. The van der Waals surface area contributed by atoms with Crippen LogP contribution in [0.15, 0.2) is 48.5 Å². The topological polar surface area (TPSA) is 102 Å². The molecule has 0 aromatic heterocycles. The second-order valence-electron chi connectivity index (χ2n) is 6.39. The number of carbonyl (C=O) groups is 1. The van der Waals surface area contributed by atoms with Crippen LogP contribution in [0.25, 0.3) is 0 Å². The van der Waals surface area contributed by atoms with E-state index in [1.54, 1.807) is 24.3 Å². The molecule has 0 aliphatic carbocycles. The van der Waals surface area contributed by atoms with Gasteiger partial charge in [0.1, 0.15) is 5.75 Å². The zero-order chi connectivity index (χ0) is 19.3. The minimum atomic E-state index is -0.0633. The highest BCUT2D eigenvalue weighted by molar-refractivity contribution is 5.94. The van der Waals surface area contributed by atoms with E-state index >= 15 is 0 Å². The predicted molar refractivity (Wildman–Crippen MR) is 110 cm³/mol. The molecule has 0 aliphatic heterocycles. The second kappa shape index (κ2) is 11.9. The molecule has 2 aromatic rings. The number of nitrogens with one attached hydrogen (secondary N) is 2. The molecule has 2 aromatic carbocycles. The van der Waals surface area contributed by atoms with Crippen molar-refractivity contribution in [3.05, 3.63) is 59.7 Å². The van der Waals surface area contributed by atoms with Crippen molar-refractivity contribution < 1.29 is 9.53 Å². The summed E-state index contributed by atoms with van der Waals surface area (Å²) in [6.45, 7) is 3.74. The molecule has 1 amide bonds. The Labute approximate surface area is 161 Å². The molecule has 0 heterocycles. The van der Waals surface area contributed by atoms with E-state index < -0.39 is 0 Å². The van der Waals surface area contributed by atoms with Gasteiger partial charge in [-0.15, -0.1) is 0 Å². The van der Waals surface area contributed by atoms with E-state index in [0.717, 1.165) is 43.7 Å². The van der Waals surface area contributed by atoms with Gasteiger partial charge >= 0.3 is 0 Å². The normalized spacial score (nSPS) is 10.6. The molecule has 0 spiro atoms. The fourth-order valence-electron chi connectivity index (χ4n) is 2.54. The Morgan fingerprint density at radius 3 is 2.30 bits per heavy atom. The first kappa shape index (κ1) is 20.7. The Bertz CT molecular complexity index is 672. The lowest BCUT2D eigenvalue weighted by atomic mass is 10.2. The molecule has 0 saturated heterocycles. The number of ether oxygens (including phenoxy) is 1. The maximum absolute atomic E-state index is 11.9. The van der Waals surface area contributed by atoms with E-state index in [1.807, 2.05) is 24.3 Å². The number of benzene rings is 2. The Balaban J connectivity index is 1.43. The molecule has 0 fully saturated rings. The monoisotopic (exact) mass is 370 g/mol. The lowest BCUT2D eigenvalue weighted by molar-refractivity contribution is 0.0953. The Morgan fingerprint density at radius 1 is 0.889 bits per heavy atom. The number of anilines is 1. The fourth-order valence-corrected chi connectivity index (χ4v) is 2.54. The number of nitrogens with two attached hydrogens (primary N) is 2. The van der Waals surface area contributed by atoms with Crippen molar-refractivity contribution in [3.63, 3.8) is 0 Å². The summed E-state index contributed by atoms with van der Waals surface area (Å²) in [5.41, 5.74) is 13.6. The van der Waals surface area contributed by atoms with Crippen LogP contribution in [0.4, 0.5) is 5.69 Å². The molecule has 0 saturated carbocycles. The third kappa shape index (κ3) is 8.11. The summed E-state index contributed by atoms with van der Waals surface area (Å²) in [6.07, 6.45) is 2.95. The van der Waals surface area contributed by atoms with Crippen molar-refractivity contribution in [1.82, 2.24) is 10.6 Å². The van der Waals surface area contributed by atoms with Crippen LogP contribution in [-0.2, 0) is 6.54 Å². The molecule has 6 N–H and O–H groups in total. The maximum Gasteiger partial charge on any atom is 0.251 e. The Hall–Kier alpha value is -2.57. The smallest absolute Gasteiger partial charge is 0.251 e. The van der Waals surface area contributed by atoms with Gasteiger partial charge in [0.25, 0.3) is 5.91 Å². The van der Waals surface area contributed by atoms with Crippen molar-refractivity contribution in [2.45, 2.75) is 25.8 Å². The van der Waals surface area contributed by atoms with Crippen molar-refractivity contribution in [3.8, 4) is 5.75 Å². The van der Waals surface area contributed by atoms with E-state index in [-0.39, 0.29) is 5.91 Å². The summed E-state index contributed by atoms with van der Waals surface area (Å²) in [5, 5.41) is 6.29. The molecule has 6 nitrogen and oxygen atoms in total. The van der Waals surface area contributed by atoms with Crippen LogP contribution < -0.4 is 26.8 Å². The van der Waals surface area contributed by atoms with Crippen LogP contribution in [-0.4, -0.2) is 32.1 Å². The first-order chi connectivity index (χ1) is 13.2. The van der Waals surface area contributed by atoms with Gasteiger partial charge in [-0.3, -0.25) is 4.79 Å². The summed E-state index contributed by atoms with van der Waals surface area (Å²) in [7, 11) is 0. The van der Waals surface area contributed by atoms with Gasteiger partial charge in [0, 0.05) is 24.3 Å². The molecule has 6 heteroatoms. The minimum absolute atomic E-state index is 0.0633. The highest BCUT2D eigenvalue weighted by Crippen LogP contribution is 2.12. The van der Waals surface area contributed by atoms with Gasteiger partial charge in [-0.2, -0.15) is 0 Å². The van der Waals surface area contributed by atoms with Gasteiger partial charge in [-0.1, -0.05) is 12.1 Å². The highest BCUT2D eigenvalue weighted by atomic mass is 16.5. The van der Waals surface area contributed by atoms with Crippen LogP contribution in [0.5, 0.6) is 5.75 Å². The Kier molecular flexibility index (Phi) is 9.17. The van der Waals surface area contributed by atoms with E-state index in [0.29, 0.717) is 30.9 Å². The first-order valence-electron chi connectivity index (χ1n) is 9.45. The summed E-state index contributed by atoms with van der Waals surface area (Å²) in [5.74, 6) is 0.823. The molecule has 0 unspecified atom stereocenters. The number of carbonyl (C=O) groups excluding carboxylic acids is 1. The number of rotatable bonds is 12. The molecular formula is C21H30N4O2. The fraction of sp³-hybridized carbons (Fsp3) is 0.381. The van der Waals surface area contributed by atoms with Crippen LogP contribution in [0, 0.1) is 0 Å². The standard InChI is InChI=1S/C21H30N4O2/c22-16-17-4-10-20(11-5-17)27-15-2-1-12-24-13-3-14-25-21(26)18-6-8-19(23)9-7-18/h4-11,24H,1-3,12-16,22-23H2,(H,25,26). The summed E-state index contributed by atoms with van der Waals surface area (Å²) in [6, 6.07) is 14.8. The number of hydrogen-bond acceptors (Lipinski definition) is 5. The van der Waals surface area contributed by atoms with E-state index in [4.69, 9.17) is 16.2 Å². The minimum Gasteiger partial charge on any atom is -0.494 e. The maximum atomic E-state index is 11.9. The molecular weight excluding hydrogens is 340 g/mol. The highest BCUT2D eigenvalue weighted by Gasteiger charge is 2.03. The Morgan fingerprint density at radius 2 is 1.59 bits per heavy atom. The van der Waals surface area contributed by atoms with Crippen LogP contribution in [0.1, 0.15) is 35.2 Å². The van der Waals surface area contributed by atoms with Crippen molar-refractivity contribution in [2.24, 2.45) is 5.73 Å². The zero-order valence-electron chi connectivity index (χ0n) is 15.7. The van der Waals surface area contributed by atoms with Gasteiger partial charge in [0.15, 0.2) is 0 Å². The van der Waals surface area contributed by atoms with Crippen LogP contribution >= 0.6 is 0 Å². The van der Waals surface area contributed by atoms with Gasteiger partial charge in [-0.05, 0) is 74.3 Å². The van der Waals surface area contributed by atoms with Crippen molar-refractivity contribution >= 4 is 11.6 Å². The van der Waals surface area contributed by atoms with E-state index in [1.165, 1.54) is 0 Å². The van der Waals surface area contributed by atoms with E-state index in [9.17, 15) is 4.79 Å². The average Bonchev–Trinajstić information content (AvgIpc) is 2.70. The first-order valence-corrected chi connectivity index (χ1v) is 9.45. The summed E-state index contributed by atoms with van der Waals surface area (Å²) < 4.78 is 5.70. The zero-order valence-corrected chi connectivity index (χ0v) is 15.7. The lowest BCUT2D eigenvalue weighted by Gasteiger charge is -2.08. The third-order valence-corrected chi connectivity index (χ3v) is 4.16. The quantitative estimate of drug-likeness (QED) is 0.339. The average molecular weight is 370 g/mol. The number of hydrogen-bond donors (Lipinski definition) is 4. The van der Waals surface area contributed by atoms with Crippen LogP contribution in [0.2, 0.25) is 0 Å². The number of nitrogen functional groups attached to an aromatic ring is 1. The molecule has 27 heavy (non-hydrogen) atoms. The number of unbranched alkanes of at least 4 members (excludes halogenated alkanes) is 1. The summed E-state index contributed by atoms with van der Waals surface area (Å²) >= 11 is 0. The SMILES string of the molecule is NCc1ccc(OCCCCNCCCNC(=O)c2ccc(N)cc2)cc1. The van der Waals surface area contributed by atoms with Crippen molar-refractivity contribution in [2.75, 3.05) is 32.0 Å². The summed E-state index contributed by atoms with van der Waals surface area (Å²) in [4.78, 5) is 11.9. The second-order valence-corrected chi connectivity index (χ2v) is 6.39. The van der Waals surface area contributed by atoms with Crippen LogP contribution in [0.3, 0.4) is 0 Å². The molecule has 0 bridgehead atoms. The molecule has 146 valence electrons.